The van der Waals surface area contributed by atoms with Crippen LogP contribution in [0.4, 0.5) is 68.2 Å². The van der Waals surface area contributed by atoms with Gasteiger partial charge in [-0.05, 0) is 62.6 Å². The second-order valence-electron chi connectivity index (χ2n) is 19.3. The quantitative estimate of drug-likeness (QED) is 0.132. The van der Waals surface area contributed by atoms with Crippen LogP contribution in [0.25, 0.3) is 137 Å². The Morgan fingerprint density at radius 3 is 0.291 bits per heavy atom. The van der Waals surface area contributed by atoms with Crippen molar-refractivity contribution < 1.29 is 39.0 Å². The molecule has 412 valence electrons. The molecule has 0 saturated heterocycles. The molecule has 0 saturated carbocycles. The van der Waals surface area contributed by atoms with E-state index in [1.54, 1.807) is 74.4 Å². The van der Waals surface area contributed by atoms with Gasteiger partial charge in [0, 0.05) is 0 Å². The molecule has 0 unspecified atom stereocenters. The third-order valence-corrected chi connectivity index (χ3v) is 14.1. The van der Waals surface area contributed by atoms with E-state index in [1.807, 2.05) is 72.9 Å². The Kier molecular flexibility index (Phi) is 18.2. The number of nitrogens with zero attached hydrogens (tertiary/aromatic N) is 12. The number of allylic oxidation sites excluding steroid dienone is 12. The molecule has 0 N–H and O–H groups in total. The molecular weight excluding hydrogens is 1240 g/mol. The second kappa shape index (κ2) is 27.3. The molecule has 12 heterocycles. The molecule has 86 heavy (non-hydrogen) atoms. The minimum absolute atomic E-state index is 0. The fraction of sp³-hybridized carbons (Fsp3) is 0. The summed E-state index contributed by atoms with van der Waals surface area (Å²) in [7, 11) is 0. The summed E-state index contributed by atoms with van der Waals surface area (Å²) >= 11 is 0. The molecule has 0 spiro atoms. The molecule has 14 heteroatoms. The Labute approximate surface area is 523 Å². The summed E-state index contributed by atoms with van der Waals surface area (Å²) in [4.78, 5) is 0. The smallest absolute Gasteiger partial charge is 0.665 e. The molecule has 0 bridgehead atoms. The van der Waals surface area contributed by atoms with Crippen molar-refractivity contribution in [2.45, 2.75) is 0 Å². The van der Waals surface area contributed by atoms with Gasteiger partial charge in [0.05, 0.1) is 0 Å². The van der Waals surface area contributed by atoms with Gasteiger partial charge in [-0.25, -0.2) is 0 Å². The number of fused-ring (bicyclic) bond motifs is 18. The first-order valence-electron chi connectivity index (χ1n) is 27.2. The summed E-state index contributed by atoms with van der Waals surface area (Å²) in [5.41, 5.74) is 11.7. The van der Waals surface area contributed by atoms with Gasteiger partial charge in [0.15, 0.2) is 0 Å². The molecule has 12 nitrogen and oxygen atoms in total. The van der Waals surface area contributed by atoms with Crippen LogP contribution in [0.15, 0.2) is 220 Å². The average Bonchev–Trinajstić information content (AvgIpc) is 3.75. The van der Waals surface area contributed by atoms with Gasteiger partial charge in [-0.15, -0.1) is 68.2 Å². The van der Waals surface area contributed by atoms with E-state index in [-0.39, 0.29) is 39.0 Å². The first-order chi connectivity index (χ1) is 41.7. The van der Waals surface area contributed by atoms with Crippen LogP contribution in [-0.2, 0) is 39.0 Å². The first kappa shape index (κ1) is 57.3. The van der Waals surface area contributed by atoms with Gasteiger partial charge in [0.25, 0.3) is 0 Å². The summed E-state index contributed by atoms with van der Waals surface area (Å²) in [6.45, 7) is 0. The number of benzene rings is 6. The van der Waals surface area contributed by atoms with E-state index in [9.17, 15) is 0 Å². The molecule has 6 aromatic rings. The van der Waals surface area contributed by atoms with Crippen LogP contribution >= 0.6 is 0 Å². The van der Waals surface area contributed by atoms with Crippen molar-refractivity contribution in [3.8, 4) is 0 Å². The maximum Gasteiger partial charge on any atom is 6.00 e. The molecular formula is C72H48N12Ru2. The fourth-order valence-corrected chi connectivity index (χ4v) is 10.1. The van der Waals surface area contributed by atoms with Crippen molar-refractivity contribution in [2.24, 2.45) is 0 Å². The zero-order valence-corrected chi connectivity index (χ0v) is 49.3. The van der Waals surface area contributed by atoms with Gasteiger partial charge in [0.1, 0.15) is 0 Å². The van der Waals surface area contributed by atoms with E-state index in [1.165, 1.54) is 0 Å². The van der Waals surface area contributed by atoms with Crippen LogP contribution in [0.5, 0.6) is 0 Å². The Hall–Kier alpha value is -10.5. The number of hydrogen-bond donors (Lipinski definition) is 0. The molecule has 12 aliphatic heterocycles. The Morgan fingerprint density at radius 1 is 0.128 bits per heavy atom. The van der Waals surface area contributed by atoms with Crippen LogP contribution in [0.3, 0.4) is 0 Å². The Bertz CT molecular complexity index is 3810. The zero-order chi connectivity index (χ0) is 56.3. The molecule has 0 aromatic heterocycles. The first-order valence-corrected chi connectivity index (χ1v) is 27.2. The SMILES string of the molecule is C1=C[N-]c2c3c(ccc2=C1)=CC=C[N-]3.C1=C[N-]c2c3c(ccc2=C1)=CC=C[N-]3.C1=C[N-]c2c3c(ccc2=C1)=CC=C[N-]3.C1=C[N-]c2c3c(ccc2=C1)=CC=C[N-]3.C1=C[N-]c2c3c(ccc2=C1)=CC=C[N-]3.C1=C[N-]c2c3c(ccc2=C1)=CC=C[N-]3.[Ru+6].[Ru+6]. The second-order valence-corrected chi connectivity index (χ2v) is 19.3. The summed E-state index contributed by atoms with van der Waals surface area (Å²) in [5.74, 6) is 0. The fourth-order valence-electron chi connectivity index (χ4n) is 10.1. The standard InChI is InChI=1S/6C12H8N2.2Ru/c6*1-3-9-5-6-10-4-2-8-14-12(10)11(9)13-7-1;;/h6*1-8H;;/q6*-2;2*+6. The van der Waals surface area contributed by atoms with E-state index >= 15 is 0 Å². The minimum Gasteiger partial charge on any atom is -0.665 e. The predicted octanol–water partition coefficient (Wildman–Crippen LogP) is 13.9. The third kappa shape index (κ3) is 12.5. The van der Waals surface area contributed by atoms with E-state index in [2.05, 4.69) is 210 Å². The average molecular weight is 1280 g/mol. The predicted molar refractivity (Wildman–Crippen MR) is 354 cm³/mol. The molecule has 0 aliphatic carbocycles. The van der Waals surface area contributed by atoms with Crippen LogP contribution < -0.4 is 62.6 Å². The summed E-state index contributed by atoms with van der Waals surface area (Å²) in [6, 6.07) is 24.9. The number of rotatable bonds is 0. The van der Waals surface area contributed by atoms with E-state index < -0.39 is 0 Å². The van der Waals surface area contributed by atoms with Gasteiger partial charge in [-0.2, -0.15) is 74.4 Å². The maximum atomic E-state index is 4.35. The topological polar surface area (TPSA) is 169 Å². The van der Waals surface area contributed by atoms with Gasteiger partial charge in [-0.1, -0.05) is 219 Å². The summed E-state index contributed by atoms with van der Waals surface area (Å²) < 4.78 is 0. The van der Waals surface area contributed by atoms with Crippen molar-refractivity contribution in [2.75, 3.05) is 0 Å². The summed E-state index contributed by atoms with van der Waals surface area (Å²) in [6.07, 6.45) is 69.5. The molecule has 0 atom stereocenters. The van der Waals surface area contributed by atoms with Crippen molar-refractivity contribution >= 4 is 141 Å². The van der Waals surface area contributed by atoms with Gasteiger partial charge in [0.2, 0.25) is 0 Å². The van der Waals surface area contributed by atoms with Crippen molar-refractivity contribution in [1.29, 1.82) is 0 Å². The molecule has 18 rings (SSSR count). The van der Waals surface area contributed by atoms with Crippen LogP contribution in [0.1, 0.15) is 0 Å². The molecule has 0 fully saturated rings. The number of hydrogen-bond acceptors (Lipinski definition) is 0. The van der Waals surface area contributed by atoms with E-state index in [4.69, 9.17) is 0 Å². The summed E-state index contributed by atoms with van der Waals surface area (Å²) in [5, 5.41) is 65.8. The zero-order valence-electron chi connectivity index (χ0n) is 45.8. The van der Waals surface area contributed by atoms with Crippen LogP contribution in [0.2, 0.25) is 0 Å². The minimum atomic E-state index is 0. The van der Waals surface area contributed by atoms with Crippen LogP contribution in [-0.4, -0.2) is 0 Å². The monoisotopic (exact) mass is 1280 g/mol. The Morgan fingerprint density at radius 2 is 0.209 bits per heavy atom. The van der Waals surface area contributed by atoms with Crippen LogP contribution in [0, 0.1) is 0 Å². The third-order valence-electron chi connectivity index (χ3n) is 14.1. The normalized spacial score (nSPS) is 15.1. The van der Waals surface area contributed by atoms with E-state index in [0.29, 0.717) is 0 Å². The van der Waals surface area contributed by atoms with E-state index in [0.717, 1.165) is 131 Å². The Balaban J connectivity index is 0.000000107. The van der Waals surface area contributed by atoms with Crippen molar-refractivity contribution in [3.05, 3.63) is 347 Å². The molecule has 0 amide bonds. The van der Waals surface area contributed by atoms with Crippen molar-refractivity contribution in [3.63, 3.8) is 0 Å². The maximum absolute atomic E-state index is 4.35. The largest absolute Gasteiger partial charge is 6.00 e. The molecule has 0 radical (unpaired) electrons. The molecule has 6 aromatic carbocycles. The van der Waals surface area contributed by atoms with Gasteiger partial charge >= 0.3 is 39.0 Å². The molecule has 12 aliphatic rings. The van der Waals surface area contributed by atoms with Crippen molar-refractivity contribution in [1.82, 2.24) is 0 Å². The van der Waals surface area contributed by atoms with Gasteiger partial charge < -0.3 is 63.8 Å². The van der Waals surface area contributed by atoms with Gasteiger partial charge in [-0.3, -0.25) is 0 Å².